The molecule has 228 valence electrons. The first-order valence-corrected chi connectivity index (χ1v) is 15.5. The van der Waals surface area contributed by atoms with Gasteiger partial charge in [0.1, 0.15) is 6.04 Å². The van der Waals surface area contributed by atoms with E-state index in [1.54, 1.807) is 4.90 Å². The number of aromatic amines is 1. The fourth-order valence-electron chi connectivity index (χ4n) is 6.79. The summed E-state index contributed by atoms with van der Waals surface area (Å²) in [6, 6.07) is 22.2. The van der Waals surface area contributed by atoms with Crippen LogP contribution in [0.15, 0.2) is 79.0 Å². The quantitative estimate of drug-likeness (QED) is 0.286. The molecule has 1 fully saturated rings. The summed E-state index contributed by atoms with van der Waals surface area (Å²) in [6.45, 7) is 3.60. The van der Waals surface area contributed by atoms with Gasteiger partial charge in [0.2, 0.25) is 17.7 Å². The molecule has 6 rings (SSSR count). The van der Waals surface area contributed by atoms with Gasteiger partial charge in [0.05, 0.1) is 5.92 Å². The van der Waals surface area contributed by atoms with Crippen molar-refractivity contribution in [1.29, 1.82) is 0 Å². The van der Waals surface area contributed by atoms with Crippen molar-refractivity contribution in [2.45, 2.75) is 31.7 Å². The standard InChI is InChI=1S/C35H38ClN5O3/c1-22(29-18-37-30-12-8-7-11-28(29)30)33(38-34(43)25-17-32(42)40(21-25)27-9-5-4-6-10-27)35(44)41-20-23(19-39(2)3)15-24-16-26(36)13-14-31(24)41/h4-14,16,18,22-23,25,33,37H,15,17,19-21H2,1-3H3,(H,38,43)/t22?,23-,25?,33?/m1/s1. The summed E-state index contributed by atoms with van der Waals surface area (Å²) in [5, 5.41) is 4.78. The Morgan fingerprint density at radius 3 is 2.55 bits per heavy atom. The second kappa shape index (κ2) is 12.5. The third-order valence-electron chi connectivity index (χ3n) is 8.91. The Hall–Kier alpha value is -4.14. The number of benzene rings is 3. The Bertz CT molecular complexity index is 1690. The Balaban J connectivity index is 1.33. The molecule has 3 aromatic carbocycles. The summed E-state index contributed by atoms with van der Waals surface area (Å²) in [5.74, 6) is -1.28. The number of nitrogens with zero attached hydrogens (tertiary/aromatic N) is 3. The van der Waals surface area contributed by atoms with Crippen LogP contribution in [0.1, 0.15) is 30.4 Å². The van der Waals surface area contributed by atoms with Crippen molar-refractivity contribution in [2.24, 2.45) is 11.8 Å². The van der Waals surface area contributed by atoms with Gasteiger partial charge in [-0.3, -0.25) is 14.4 Å². The van der Waals surface area contributed by atoms with Gasteiger partial charge in [-0.2, -0.15) is 0 Å². The van der Waals surface area contributed by atoms with Crippen LogP contribution < -0.4 is 15.1 Å². The number of anilines is 2. The van der Waals surface area contributed by atoms with E-state index in [0.29, 0.717) is 11.6 Å². The number of para-hydroxylation sites is 2. The third kappa shape index (κ3) is 5.97. The number of H-pyrrole nitrogens is 1. The highest BCUT2D eigenvalue weighted by Gasteiger charge is 2.41. The maximum Gasteiger partial charge on any atom is 0.250 e. The van der Waals surface area contributed by atoms with Gasteiger partial charge in [-0.25, -0.2) is 0 Å². The molecular weight excluding hydrogens is 574 g/mol. The molecule has 0 saturated carbocycles. The molecule has 0 aliphatic carbocycles. The van der Waals surface area contributed by atoms with Crippen molar-refractivity contribution < 1.29 is 14.4 Å². The van der Waals surface area contributed by atoms with Crippen LogP contribution in [0.5, 0.6) is 0 Å². The van der Waals surface area contributed by atoms with E-state index in [2.05, 4.69) is 15.2 Å². The zero-order chi connectivity index (χ0) is 31.0. The highest BCUT2D eigenvalue weighted by Crippen LogP contribution is 2.35. The molecule has 2 aliphatic rings. The average Bonchev–Trinajstić information content (AvgIpc) is 3.62. The molecule has 8 nitrogen and oxygen atoms in total. The van der Waals surface area contributed by atoms with Crippen molar-refractivity contribution >= 4 is 51.6 Å². The lowest BCUT2D eigenvalue weighted by Crippen LogP contribution is -2.55. The van der Waals surface area contributed by atoms with Crippen molar-refractivity contribution in [3.63, 3.8) is 0 Å². The monoisotopic (exact) mass is 611 g/mol. The van der Waals surface area contributed by atoms with Crippen LogP contribution in [-0.2, 0) is 20.8 Å². The van der Waals surface area contributed by atoms with Crippen molar-refractivity contribution in [1.82, 2.24) is 15.2 Å². The first kappa shape index (κ1) is 29.9. The van der Waals surface area contributed by atoms with E-state index >= 15 is 0 Å². The molecule has 1 saturated heterocycles. The fraction of sp³-hybridized carbons (Fsp3) is 0.343. The van der Waals surface area contributed by atoms with Crippen molar-refractivity contribution in [2.75, 3.05) is 43.5 Å². The molecular formula is C35H38ClN5O3. The fourth-order valence-corrected chi connectivity index (χ4v) is 6.99. The lowest BCUT2D eigenvalue weighted by atomic mass is 9.88. The van der Waals surface area contributed by atoms with Gasteiger partial charge in [0.15, 0.2) is 0 Å². The topological polar surface area (TPSA) is 88.8 Å². The molecule has 1 aromatic heterocycles. The zero-order valence-electron chi connectivity index (χ0n) is 25.3. The molecule has 0 radical (unpaired) electrons. The minimum Gasteiger partial charge on any atom is -0.361 e. The first-order valence-electron chi connectivity index (χ1n) is 15.2. The molecule has 2 aliphatic heterocycles. The predicted octanol–water partition coefficient (Wildman–Crippen LogP) is 5.23. The molecule has 0 bridgehead atoms. The van der Waals surface area contributed by atoms with E-state index in [1.807, 2.05) is 105 Å². The molecule has 44 heavy (non-hydrogen) atoms. The van der Waals surface area contributed by atoms with E-state index in [0.717, 1.165) is 46.4 Å². The Labute approximate surface area is 263 Å². The number of aromatic nitrogens is 1. The highest BCUT2D eigenvalue weighted by molar-refractivity contribution is 6.30. The lowest BCUT2D eigenvalue weighted by Gasteiger charge is -2.39. The summed E-state index contributed by atoms with van der Waals surface area (Å²) in [6.07, 6.45) is 2.84. The van der Waals surface area contributed by atoms with Crippen LogP contribution in [0.25, 0.3) is 10.9 Å². The number of rotatable bonds is 8. The molecule has 0 spiro atoms. The molecule has 3 amide bonds. The van der Waals surface area contributed by atoms with Gasteiger partial charge < -0.3 is 25.0 Å². The molecule has 2 N–H and O–H groups in total. The second-order valence-corrected chi connectivity index (χ2v) is 12.8. The van der Waals surface area contributed by atoms with Gasteiger partial charge in [-0.1, -0.05) is 54.9 Å². The van der Waals surface area contributed by atoms with Crippen LogP contribution >= 0.6 is 11.6 Å². The van der Waals surface area contributed by atoms with Crippen LogP contribution in [0.2, 0.25) is 5.02 Å². The Kier molecular flexibility index (Phi) is 8.47. The maximum atomic E-state index is 14.7. The normalized spacial score (nSPS) is 19.7. The van der Waals surface area contributed by atoms with Crippen molar-refractivity contribution in [3.05, 3.63) is 95.1 Å². The van der Waals surface area contributed by atoms with E-state index in [1.165, 1.54) is 0 Å². The van der Waals surface area contributed by atoms with Crippen LogP contribution in [-0.4, -0.2) is 67.4 Å². The first-order chi connectivity index (χ1) is 21.2. The SMILES string of the molecule is CC(c1c[nH]c2ccccc12)C(NC(=O)C1CC(=O)N(c2ccccc2)C1)C(=O)N1C[C@@H](CN(C)C)Cc2cc(Cl)ccc21. The molecule has 3 heterocycles. The largest absolute Gasteiger partial charge is 0.361 e. The summed E-state index contributed by atoms with van der Waals surface area (Å²) in [5.41, 5.74) is 4.53. The van der Waals surface area contributed by atoms with Gasteiger partial charge in [0.25, 0.3) is 0 Å². The van der Waals surface area contributed by atoms with Gasteiger partial charge in [-0.15, -0.1) is 0 Å². The summed E-state index contributed by atoms with van der Waals surface area (Å²) in [4.78, 5) is 50.5. The molecule has 4 atom stereocenters. The van der Waals surface area contributed by atoms with Gasteiger partial charge >= 0.3 is 0 Å². The number of hydrogen-bond donors (Lipinski definition) is 2. The number of carbonyl (C=O) groups excluding carboxylic acids is 3. The number of halogens is 1. The number of amides is 3. The van der Waals surface area contributed by atoms with Crippen molar-refractivity contribution in [3.8, 4) is 0 Å². The Morgan fingerprint density at radius 2 is 1.77 bits per heavy atom. The zero-order valence-corrected chi connectivity index (χ0v) is 26.1. The minimum atomic E-state index is -0.857. The Morgan fingerprint density at radius 1 is 1.02 bits per heavy atom. The summed E-state index contributed by atoms with van der Waals surface area (Å²) in [7, 11) is 4.06. The average molecular weight is 612 g/mol. The number of hydrogen-bond acceptors (Lipinski definition) is 4. The van der Waals surface area contributed by atoms with Crippen LogP contribution in [0, 0.1) is 11.8 Å². The third-order valence-corrected chi connectivity index (χ3v) is 9.15. The van der Waals surface area contributed by atoms with E-state index < -0.39 is 12.0 Å². The summed E-state index contributed by atoms with van der Waals surface area (Å²) < 4.78 is 0. The highest BCUT2D eigenvalue weighted by atomic mass is 35.5. The predicted molar refractivity (Wildman–Crippen MR) is 175 cm³/mol. The molecule has 4 aromatic rings. The van der Waals surface area contributed by atoms with E-state index in [4.69, 9.17) is 11.6 Å². The summed E-state index contributed by atoms with van der Waals surface area (Å²) >= 11 is 6.40. The van der Waals surface area contributed by atoms with E-state index in [-0.39, 0.29) is 42.5 Å². The van der Waals surface area contributed by atoms with E-state index in [9.17, 15) is 14.4 Å². The smallest absolute Gasteiger partial charge is 0.250 e. The van der Waals surface area contributed by atoms with Gasteiger partial charge in [0, 0.05) is 65.5 Å². The van der Waals surface area contributed by atoms with Gasteiger partial charge in [-0.05, 0) is 74.0 Å². The maximum absolute atomic E-state index is 14.7. The number of fused-ring (bicyclic) bond motifs is 2. The lowest BCUT2D eigenvalue weighted by molar-refractivity contribution is -0.130. The molecule has 9 heteroatoms. The second-order valence-electron chi connectivity index (χ2n) is 12.4. The molecule has 3 unspecified atom stereocenters. The number of carbonyl (C=O) groups is 3. The van der Waals surface area contributed by atoms with Crippen LogP contribution in [0.3, 0.4) is 0 Å². The number of nitrogens with one attached hydrogen (secondary N) is 2. The van der Waals surface area contributed by atoms with Crippen LogP contribution in [0.4, 0.5) is 11.4 Å². The minimum absolute atomic E-state index is 0.0963.